The van der Waals surface area contributed by atoms with Crippen LogP contribution in [0.4, 0.5) is 0 Å². The zero-order valence-electron chi connectivity index (χ0n) is 6.09. The van der Waals surface area contributed by atoms with Gasteiger partial charge in [0.15, 0.2) is 0 Å². The first-order valence-electron chi connectivity index (χ1n) is 3.54. The van der Waals surface area contributed by atoms with Gasteiger partial charge >= 0.3 is 6.19 Å². The number of rotatable bonds is 1. The first-order chi connectivity index (χ1) is 4.30. The lowest BCUT2D eigenvalue weighted by Crippen LogP contribution is -2.23. The molecule has 0 spiro atoms. The lowest BCUT2D eigenvalue weighted by molar-refractivity contribution is 0.322. The van der Waals surface area contributed by atoms with Crippen molar-refractivity contribution in [3.63, 3.8) is 0 Å². The molecule has 52 valence electrons. The van der Waals surface area contributed by atoms with Crippen molar-refractivity contribution in [3.05, 3.63) is 0 Å². The summed E-state index contributed by atoms with van der Waals surface area (Å²) in [6.45, 7) is 5.39. The summed E-state index contributed by atoms with van der Waals surface area (Å²) in [5.41, 5.74) is 0. The first kappa shape index (κ1) is 7.48. The van der Waals surface area contributed by atoms with Crippen LogP contribution in [0.1, 0.15) is 20.3 Å². The molecule has 0 N–H and O–H groups in total. The molecule has 0 atom stereocenters. The van der Waals surface area contributed by atoms with E-state index in [1.807, 2.05) is 11.6 Å². The van der Waals surface area contributed by atoms with Gasteiger partial charge < -0.3 is 4.65 Å². The van der Waals surface area contributed by atoms with Crippen LogP contribution < -0.4 is 0 Å². The van der Waals surface area contributed by atoms with Crippen LogP contribution in [-0.4, -0.2) is 18.6 Å². The van der Waals surface area contributed by atoms with E-state index in [1.165, 1.54) is 12.2 Å². The van der Waals surface area contributed by atoms with E-state index in [1.54, 1.807) is 0 Å². The molecule has 1 rings (SSSR count). The molecule has 1 fully saturated rings. The van der Waals surface area contributed by atoms with Crippen molar-refractivity contribution in [1.29, 1.82) is 0 Å². The molecule has 1 nitrogen and oxygen atoms in total. The fourth-order valence-electron chi connectivity index (χ4n) is 0.891. The van der Waals surface area contributed by atoms with Gasteiger partial charge in [0.1, 0.15) is 0 Å². The van der Waals surface area contributed by atoms with Crippen molar-refractivity contribution >= 4 is 17.8 Å². The molecule has 0 bridgehead atoms. The number of hydrogen-bond acceptors (Lipinski definition) is 2. The maximum absolute atomic E-state index is 5.50. The van der Waals surface area contributed by atoms with Crippen LogP contribution in [0.5, 0.6) is 0 Å². The molecule has 0 aromatic heterocycles. The molecule has 0 saturated carbocycles. The highest BCUT2D eigenvalue weighted by Crippen LogP contribution is 2.24. The van der Waals surface area contributed by atoms with Gasteiger partial charge in [0.25, 0.3) is 0 Å². The molecule has 0 aromatic carbocycles. The van der Waals surface area contributed by atoms with E-state index in [0.717, 1.165) is 6.61 Å². The highest BCUT2D eigenvalue weighted by atomic mass is 32.2. The van der Waals surface area contributed by atoms with Gasteiger partial charge in [-0.25, -0.2) is 0 Å². The van der Waals surface area contributed by atoms with Gasteiger partial charge in [0.2, 0.25) is 0 Å². The van der Waals surface area contributed by atoms with E-state index in [9.17, 15) is 0 Å². The Morgan fingerprint density at radius 3 is 2.67 bits per heavy atom. The smallest absolute Gasteiger partial charge is 0.364 e. The normalized spacial score (nSPS) is 21.0. The summed E-state index contributed by atoms with van der Waals surface area (Å²) in [4.78, 5) is 0. The highest BCUT2D eigenvalue weighted by molar-refractivity contribution is 8.24. The van der Waals surface area contributed by atoms with Crippen LogP contribution in [0.3, 0.4) is 0 Å². The summed E-state index contributed by atoms with van der Waals surface area (Å²) < 4.78 is 5.50. The summed E-state index contributed by atoms with van der Waals surface area (Å²) in [5.74, 6) is 1.96. The Bertz CT molecular complexity index is 81.1. The average molecular weight is 144 g/mol. The summed E-state index contributed by atoms with van der Waals surface area (Å²) >= 11 is 1.95. The molecular formula is C6H13BOS. The van der Waals surface area contributed by atoms with Crippen LogP contribution >= 0.6 is 11.6 Å². The molecule has 9 heavy (non-hydrogen) atoms. The largest absolute Gasteiger partial charge is 0.425 e. The Hall–Kier alpha value is 0.375. The van der Waals surface area contributed by atoms with Gasteiger partial charge in [-0.1, -0.05) is 13.8 Å². The molecular weight excluding hydrogens is 131 g/mol. The van der Waals surface area contributed by atoms with Crippen molar-refractivity contribution in [2.24, 2.45) is 0 Å². The predicted octanol–water partition coefficient (Wildman–Crippen LogP) is 2.04. The van der Waals surface area contributed by atoms with Crippen LogP contribution in [0, 0.1) is 0 Å². The van der Waals surface area contributed by atoms with Crippen molar-refractivity contribution in [2.45, 2.75) is 26.1 Å². The topological polar surface area (TPSA) is 9.23 Å². The molecule has 0 aliphatic carbocycles. The molecule has 0 unspecified atom stereocenters. The van der Waals surface area contributed by atoms with E-state index in [2.05, 4.69) is 13.8 Å². The Morgan fingerprint density at radius 1 is 1.56 bits per heavy atom. The third-order valence-electron chi connectivity index (χ3n) is 1.40. The summed E-state index contributed by atoms with van der Waals surface area (Å²) in [5, 5.41) is 0. The van der Waals surface area contributed by atoms with Crippen LogP contribution in [-0.2, 0) is 4.65 Å². The van der Waals surface area contributed by atoms with E-state index >= 15 is 0 Å². The highest BCUT2D eigenvalue weighted by Gasteiger charge is 2.23. The summed E-state index contributed by atoms with van der Waals surface area (Å²) in [6.07, 6.45) is 1.70. The zero-order valence-corrected chi connectivity index (χ0v) is 6.91. The van der Waals surface area contributed by atoms with Gasteiger partial charge in [0, 0.05) is 6.61 Å². The lowest BCUT2D eigenvalue weighted by Gasteiger charge is -2.21. The average Bonchev–Trinajstić information content (AvgIpc) is 1.90. The van der Waals surface area contributed by atoms with Crippen LogP contribution in [0.25, 0.3) is 0 Å². The summed E-state index contributed by atoms with van der Waals surface area (Å²) in [6, 6.07) is 0. The molecule has 1 saturated heterocycles. The van der Waals surface area contributed by atoms with Crippen molar-refractivity contribution in [2.75, 3.05) is 12.4 Å². The Kier molecular flexibility index (Phi) is 2.93. The Morgan fingerprint density at radius 2 is 2.33 bits per heavy atom. The van der Waals surface area contributed by atoms with Crippen molar-refractivity contribution in [3.8, 4) is 0 Å². The second-order valence-corrected chi connectivity index (χ2v) is 3.91. The van der Waals surface area contributed by atoms with Crippen molar-refractivity contribution < 1.29 is 4.65 Å². The Labute approximate surface area is 61.6 Å². The summed E-state index contributed by atoms with van der Waals surface area (Å²) in [7, 11) is 0. The quantitative estimate of drug-likeness (QED) is 0.520. The van der Waals surface area contributed by atoms with E-state index < -0.39 is 0 Å². The monoisotopic (exact) mass is 144 g/mol. The molecule has 1 aliphatic heterocycles. The van der Waals surface area contributed by atoms with E-state index in [0.29, 0.717) is 12.0 Å². The first-order valence-corrected chi connectivity index (χ1v) is 4.59. The molecule has 0 amide bonds. The minimum absolute atomic E-state index is 0.471. The van der Waals surface area contributed by atoms with E-state index in [-0.39, 0.29) is 0 Å². The second kappa shape index (κ2) is 3.52. The fraction of sp³-hybridized carbons (Fsp3) is 1.00. The second-order valence-electron chi connectivity index (χ2n) is 2.71. The van der Waals surface area contributed by atoms with Crippen molar-refractivity contribution in [1.82, 2.24) is 0 Å². The van der Waals surface area contributed by atoms with Crippen LogP contribution in [0.2, 0.25) is 5.82 Å². The number of hydrogen-bond donors (Lipinski definition) is 0. The Balaban J connectivity index is 2.23. The standard InChI is InChI=1S/C6H13BOS/c1-6(2)7-8-4-3-5-9-7/h6H,3-5H2,1-2H3. The third-order valence-corrected chi connectivity index (χ3v) is 2.93. The van der Waals surface area contributed by atoms with Crippen LogP contribution in [0.15, 0.2) is 0 Å². The minimum Gasteiger partial charge on any atom is -0.425 e. The van der Waals surface area contributed by atoms with Gasteiger partial charge in [-0.2, -0.15) is 11.6 Å². The maximum Gasteiger partial charge on any atom is 0.364 e. The molecule has 1 heterocycles. The fourth-order valence-corrected chi connectivity index (χ4v) is 1.99. The third kappa shape index (κ3) is 2.22. The molecule has 0 aromatic rings. The molecule has 1 aliphatic rings. The SMILES string of the molecule is CC(C)B1OCCCS1. The van der Waals surface area contributed by atoms with Gasteiger partial charge in [-0.15, -0.1) is 0 Å². The molecule has 0 radical (unpaired) electrons. The van der Waals surface area contributed by atoms with Gasteiger partial charge in [-0.3, -0.25) is 0 Å². The predicted molar refractivity (Wildman–Crippen MR) is 43.9 cm³/mol. The van der Waals surface area contributed by atoms with Gasteiger partial charge in [-0.05, 0) is 18.0 Å². The lowest BCUT2D eigenvalue weighted by atomic mass is 9.81. The zero-order chi connectivity index (χ0) is 6.69. The molecule has 3 heteroatoms. The minimum atomic E-state index is 0.471. The van der Waals surface area contributed by atoms with Gasteiger partial charge in [0.05, 0.1) is 0 Å². The van der Waals surface area contributed by atoms with E-state index in [4.69, 9.17) is 4.65 Å². The maximum atomic E-state index is 5.50.